The maximum atomic E-state index is 12.9. The van der Waals surface area contributed by atoms with Crippen molar-refractivity contribution in [2.24, 2.45) is 0 Å². The lowest BCUT2D eigenvalue weighted by Crippen LogP contribution is -2.54. The van der Waals surface area contributed by atoms with Crippen LogP contribution in [0.15, 0.2) is 24.3 Å². The molecular weight excluding hydrogens is 321 g/mol. The highest BCUT2D eigenvalue weighted by molar-refractivity contribution is 5.87. The molecule has 0 radical (unpaired) electrons. The Hall–Kier alpha value is -2.05. The van der Waals surface area contributed by atoms with E-state index in [0.29, 0.717) is 31.7 Å². The number of halogens is 3. The number of carbonyl (C=O) groups is 2. The van der Waals surface area contributed by atoms with Crippen molar-refractivity contribution >= 4 is 11.8 Å². The quantitative estimate of drug-likeness (QED) is 0.829. The van der Waals surface area contributed by atoms with Crippen molar-refractivity contribution in [3.8, 4) is 0 Å². The molecule has 132 valence electrons. The predicted octanol–water partition coefficient (Wildman–Crippen LogP) is 2.67. The molecule has 7 heteroatoms. The van der Waals surface area contributed by atoms with E-state index in [-0.39, 0.29) is 11.8 Å². The van der Waals surface area contributed by atoms with Crippen molar-refractivity contribution < 1.29 is 22.8 Å². The molecule has 2 amide bonds. The van der Waals surface area contributed by atoms with E-state index in [4.69, 9.17) is 0 Å². The van der Waals surface area contributed by atoms with Gasteiger partial charge in [0.25, 0.3) is 0 Å². The molecular formula is C17H21F3N2O2. The predicted molar refractivity (Wildman–Crippen MR) is 83.3 cm³/mol. The lowest BCUT2D eigenvalue weighted by molar-refractivity contribution is -0.142. The highest BCUT2D eigenvalue weighted by atomic mass is 19.4. The summed E-state index contributed by atoms with van der Waals surface area (Å²) < 4.78 is 38.7. The van der Waals surface area contributed by atoms with Crippen LogP contribution in [0, 0.1) is 0 Å². The van der Waals surface area contributed by atoms with Crippen molar-refractivity contribution in [2.45, 2.75) is 32.4 Å². The van der Waals surface area contributed by atoms with E-state index in [1.165, 1.54) is 13.0 Å². The van der Waals surface area contributed by atoms with Crippen LogP contribution in [0.1, 0.15) is 31.9 Å². The number of hydrogen-bond acceptors (Lipinski definition) is 2. The zero-order valence-corrected chi connectivity index (χ0v) is 14.0. The van der Waals surface area contributed by atoms with Gasteiger partial charge in [-0.3, -0.25) is 9.59 Å². The molecule has 0 atom stereocenters. The number of alkyl halides is 3. The average Bonchev–Trinajstić information content (AvgIpc) is 2.53. The van der Waals surface area contributed by atoms with Crippen molar-refractivity contribution in [1.82, 2.24) is 9.80 Å². The third-order valence-corrected chi connectivity index (χ3v) is 4.46. The topological polar surface area (TPSA) is 40.6 Å². The standard InChI is InChI=1S/C17H21F3N2O2/c1-12(23)21-7-9-22(10-8-21)15(24)16(2,3)13-5-4-6-14(11-13)17(18,19)20/h4-6,11H,7-10H2,1-3H3. The minimum Gasteiger partial charge on any atom is -0.339 e. The summed E-state index contributed by atoms with van der Waals surface area (Å²) in [6.45, 7) is 6.40. The molecule has 4 nitrogen and oxygen atoms in total. The number of amides is 2. The second kappa shape index (κ2) is 6.45. The van der Waals surface area contributed by atoms with Gasteiger partial charge in [0, 0.05) is 33.1 Å². The Labute approximate surface area is 139 Å². The van der Waals surface area contributed by atoms with Gasteiger partial charge in [-0.25, -0.2) is 0 Å². The van der Waals surface area contributed by atoms with Crippen molar-refractivity contribution in [1.29, 1.82) is 0 Å². The fourth-order valence-corrected chi connectivity index (χ4v) is 2.83. The summed E-state index contributed by atoms with van der Waals surface area (Å²) in [7, 11) is 0. The van der Waals surface area contributed by atoms with Gasteiger partial charge in [0.2, 0.25) is 11.8 Å². The molecule has 1 aliphatic rings. The van der Waals surface area contributed by atoms with E-state index < -0.39 is 17.2 Å². The number of rotatable bonds is 2. The Morgan fingerprint density at radius 1 is 0.958 bits per heavy atom. The SMILES string of the molecule is CC(=O)N1CCN(C(=O)C(C)(C)c2cccc(C(F)(F)F)c2)CC1. The van der Waals surface area contributed by atoms with E-state index in [1.54, 1.807) is 29.7 Å². The third kappa shape index (κ3) is 3.71. The largest absolute Gasteiger partial charge is 0.416 e. The first kappa shape index (κ1) is 18.3. The molecule has 0 aliphatic carbocycles. The van der Waals surface area contributed by atoms with E-state index in [0.717, 1.165) is 12.1 Å². The second-order valence-corrected chi connectivity index (χ2v) is 6.50. The van der Waals surface area contributed by atoms with Gasteiger partial charge in [0.1, 0.15) is 0 Å². The Kier molecular flexibility index (Phi) is 4.92. The summed E-state index contributed by atoms with van der Waals surface area (Å²) in [5.41, 5.74) is -1.50. The summed E-state index contributed by atoms with van der Waals surface area (Å²) in [5.74, 6) is -0.274. The molecule has 1 fully saturated rings. The zero-order chi connectivity index (χ0) is 18.1. The molecule has 1 saturated heterocycles. The van der Waals surface area contributed by atoms with Gasteiger partial charge < -0.3 is 9.80 Å². The summed E-state index contributed by atoms with van der Waals surface area (Å²) in [5, 5.41) is 0. The van der Waals surface area contributed by atoms with Crippen LogP contribution in [0.5, 0.6) is 0 Å². The van der Waals surface area contributed by atoms with Crippen LogP contribution in [-0.2, 0) is 21.2 Å². The lowest BCUT2D eigenvalue weighted by atomic mass is 9.82. The van der Waals surface area contributed by atoms with Crippen LogP contribution in [-0.4, -0.2) is 47.8 Å². The normalized spacial score (nSPS) is 16.2. The highest BCUT2D eigenvalue weighted by Crippen LogP contribution is 2.33. The molecule has 1 aromatic carbocycles. The van der Waals surface area contributed by atoms with Gasteiger partial charge in [-0.2, -0.15) is 13.2 Å². The monoisotopic (exact) mass is 342 g/mol. The van der Waals surface area contributed by atoms with Crippen LogP contribution in [0.2, 0.25) is 0 Å². The molecule has 0 aromatic heterocycles. The van der Waals surface area contributed by atoms with Crippen molar-refractivity contribution in [3.05, 3.63) is 35.4 Å². The summed E-state index contributed by atoms with van der Waals surface area (Å²) >= 11 is 0. The molecule has 1 aliphatic heterocycles. The average molecular weight is 342 g/mol. The Balaban J connectivity index is 2.18. The van der Waals surface area contributed by atoms with E-state index in [1.807, 2.05) is 0 Å². The maximum absolute atomic E-state index is 12.9. The maximum Gasteiger partial charge on any atom is 0.416 e. The smallest absolute Gasteiger partial charge is 0.339 e. The molecule has 0 unspecified atom stereocenters. The van der Waals surface area contributed by atoms with Crippen LogP contribution in [0.25, 0.3) is 0 Å². The number of carbonyl (C=O) groups excluding carboxylic acids is 2. The third-order valence-electron chi connectivity index (χ3n) is 4.46. The van der Waals surface area contributed by atoms with Gasteiger partial charge in [-0.15, -0.1) is 0 Å². The van der Waals surface area contributed by atoms with Crippen molar-refractivity contribution in [2.75, 3.05) is 26.2 Å². The summed E-state index contributed by atoms with van der Waals surface area (Å²) in [6, 6.07) is 4.89. The Morgan fingerprint density at radius 3 is 1.96 bits per heavy atom. The van der Waals surface area contributed by atoms with Crippen molar-refractivity contribution in [3.63, 3.8) is 0 Å². The number of piperazine rings is 1. The van der Waals surface area contributed by atoms with Gasteiger partial charge >= 0.3 is 6.18 Å². The fourth-order valence-electron chi connectivity index (χ4n) is 2.83. The summed E-state index contributed by atoms with van der Waals surface area (Å²) in [4.78, 5) is 27.4. The molecule has 2 rings (SSSR count). The van der Waals surface area contributed by atoms with Crippen LogP contribution in [0.4, 0.5) is 13.2 Å². The molecule has 1 aromatic rings. The molecule has 0 spiro atoms. The van der Waals surface area contributed by atoms with Crippen LogP contribution >= 0.6 is 0 Å². The van der Waals surface area contributed by atoms with E-state index >= 15 is 0 Å². The molecule has 1 heterocycles. The minimum atomic E-state index is -4.44. The molecule has 0 saturated carbocycles. The second-order valence-electron chi connectivity index (χ2n) is 6.50. The Bertz CT molecular complexity index is 633. The highest BCUT2D eigenvalue weighted by Gasteiger charge is 2.37. The van der Waals surface area contributed by atoms with Gasteiger partial charge in [0.15, 0.2) is 0 Å². The Morgan fingerprint density at radius 2 is 1.46 bits per heavy atom. The molecule has 24 heavy (non-hydrogen) atoms. The molecule has 0 N–H and O–H groups in total. The minimum absolute atomic E-state index is 0.0424. The van der Waals surface area contributed by atoms with E-state index in [9.17, 15) is 22.8 Å². The van der Waals surface area contributed by atoms with Crippen LogP contribution < -0.4 is 0 Å². The van der Waals surface area contributed by atoms with Gasteiger partial charge in [-0.05, 0) is 25.5 Å². The van der Waals surface area contributed by atoms with Gasteiger partial charge in [-0.1, -0.05) is 18.2 Å². The zero-order valence-electron chi connectivity index (χ0n) is 14.0. The lowest BCUT2D eigenvalue weighted by Gasteiger charge is -2.38. The fraction of sp³-hybridized carbons (Fsp3) is 0.529. The molecule has 0 bridgehead atoms. The first-order valence-electron chi connectivity index (χ1n) is 7.76. The number of nitrogens with zero attached hydrogens (tertiary/aromatic N) is 2. The number of hydrogen-bond donors (Lipinski definition) is 0. The van der Waals surface area contributed by atoms with Crippen LogP contribution in [0.3, 0.4) is 0 Å². The first-order chi connectivity index (χ1) is 11.0. The summed E-state index contributed by atoms with van der Waals surface area (Å²) in [6.07, 6.45) is -4.44. The first-order valence-corrected chi connectivity index (χ1v) is 7.76. The number of benzene rings is 1. The van der Waals surface area contributed by atoms with Gasteiger partial charge in [0.05, 0.1) is 11.0 Å². The van der Waals surface area contributed by atoms with E-state index in [2.05, 4.69) is 0 Å².